The highest BCUT2D eigenvalue weighted by atomic mass is 16.7. The molecule has 11 nitrogen and oxygen atoms in total. The second-order valence-corrected chi connectivity index (χ2v) is 7.84. The van der Waals surface area contributed by atoms with Crippen LogP contribution in [0.3, 0.4) is 0 Å². The van der Waals surface area contributed by atoms with E-state index in [4.69, 9.17) is 9.47 Å². The van der Waals surface area contributed by atoms with E-state index in [0.717, 1.165) is 0 Å². The number of carbonyl (C=O) groups is 1. The lowest BCUT2D eigenvalue weighted by molar-refractivity contribution is -0.302. The molecule has 1 heterocycles. The van der Waals surface area contributed by atoms with Gasteiger partial charge >= 0.3 is 0 Å². The Morgan fingerprint density at radius 2 is 1.61 bits per heavy atom. The van der Waals surface area contributed by atoms with E-state index in [0.29, 0.717) is 12.8 Å². The van der Waals surface area contributed by atoms with Crippen LogP contribution >= 0.6 is 0 Å². The topological polar surface area (TPSA) is 189 Å². The first-order valence-corrected chi connectivity index (χ1v) is 9.51. The van der Waals surface area contributed by atoms with Gasteiger partial charge in [-0.1, -0.05) is 0 Å². The van der Waals surface area contributed by atoms with Crippen molar-refractivity contribution < 1.29 is 50.0 Å². The standard InChI is InChI=1S/C17H29NO10/c19-4-7-3-8(12(22)15(25)11(7)21)27-17-10(18-16(26)6-1-2-6)14(24)13(23)9(5-20)28-17/h6-15,17,19-25H,1-5H2,(H,18,26)/t7-,8?,9-,10-,11-,12+,13-,14-,15-,17+/m1/s1. The second kappa shape index (κ2) is 8.86. The molecule has 0 spiro atoms. The summed E-state index contributed by atoms with van der Waals surface area (Å²) in [7, 11) is 0. The normalized spacial score (nSPS) is 47.0. The highest BCUT2D eigenvalue weighted by Gasteiger charge is 2.50. The summed E-state index contributed by atoms with van der Waals surface area (Å²) in [5.74, 6) is -1.27. The molecule has 11 heteroatoms. The van der Waals surface area contributed by atoms with Crippen molar-refractivity contribution in [2.75, 3.05) is 13.2 Å². The van der Waals surface area contributed by atoms with Gasteiger partial charge in [0.15, 0.2) is 6.29 Å². The fourth-order valence-corrected chi connectivity index (χ4v) is 3.75. The van der Waals surface area contributed by atoms with E-state index in [-0.39, 0.29) is 18.2 Å². The summed E-state index contributed by atoms with van der Waals surface area (Å²) in [6.45, 7) is -1.06. The van der Waals surface area contributed by atoms with Crippen LogP contribution in [0.2, 0.25) is 0 Å². The predicted molar refractivity (Wildman–Crippen MR) is 90.5 cm³/mol. The Morgan fingerprint density at radius 1 is 0.929 bits per heavy atom. The van der Waals surface area contributed by atoms with Gasteiger partial charge in [0.2, 0.25) is 5.91 Å². The van der Waals surface area contributed by atoms with E-state index in [1.807, 2.05) is 0 Å². The maximum Gasteiger partial charge on any atom is 0.223 e. The zero-order valence-corrected chi connectivity index (χ0v) is 15.2. The predicted octanol–water partition coefficient (Wildman–Crippen LogP) is -4.20. The maximum atomic E-state index is 12.2. The Hall–Kier alpha value is -0.890. The van der Waals surface area contributed by atoms with Gasteiger partial charge in [-0.15, -0.1) is 0 Å². The Morgan fingerprint density at radius 3 is 2.18 bits per heavy atom. The summed E-state index contributed by atoms with van der Waals surface area (Å²) in [5, 5.41) is 72.0. The van der Waals surface area contributed by atoms with Crippen molar-refractivity contribution in [3.05, 3.63) is 0 Å². The molecule has 1 saturated heterocycles. The minimum absolute atomic E-state index is 0.0124. The molecule has 3 fully saturated rings. The molecule has 3 aliphatic rings. The lowest BCUT2D eigenvalue weighted by atomic mass is 9.81. The summed E-state index contributed by atoms with van der Waals surface area (Å²) < 4.78 is 11.2. The molecule has 162 valence electrons. The number of aliphatic hydroxyl groups is 7. The fraction of sp³-hybridized carbons (Fsp3) is 0.941. The van der Waals surface area contributed by atoms with Crippen molar-refractivity contribution in [2.45, 2.75) is 74.3 Å². The van der Waals surface area contributed by atoms with E-state index in [1.54, 1.807) is 0 Å². The third kappa shape index (κ3) is 4.32. The first kappa shape index (κ1) is 21.8. The molecule has 2 saturated carbocycles. The van der Waals surface area contributed by atoms with E-state index < -0.39 is 74.2 Å². The van der Waals surface area contributed by atoms with E-state index in [2.05, 4.69) is 5.32 Å². The van der Waals surface area contributed by atoms with Crippen molar-refractivity contribution in [1.82, 2.24) is 5.32 Å². The number of hydrogen-bond donors (Lipinski definition) is 8. The number of ether oxygens (including phenoxy) is 2. The van der Waals surface area contributed by atoms with Gasteiger partial charge in [0.1, 0.15) is 36.6 Å². The van der Waals surface area contributed by atoms with Crippen molar-refractivity contribution in [1.29, 1.82) is 0 Å². The third-order valence-corrected chi connectivity index (χ3v) is 5.78. The van der Waals surface area contributed by atoms with Crippen molar-refractivity contribution in [3.8, 4) is 0 Å². The maximum absolute atomic E-state index is 12.2. The van der Waals surface area contributed by atoms with Crippen LogP contribution < -0.4 is 5.32 Å². The SMILES string of the molecule is O=C(N[C@H]1[C@@H](OC2C[C@H](CO)[C@@H](O)[C@@H](O)[C@H]2O)O[C@H](CO)[C@@H](O)[C@@H]1O)C1CC1. The molecule has 28 heavy (non-hydrogen) atoms. The minimum Gasteiger partial charge on any atom is -0.396 e. The smallest absolute Gasteiger partial charge is 0.223 e. The Labute approximate surface area is 161 Å². The molecule has 0 radical (unpaired) electrons. The van der Waals surface area contributed by atoms with Gasteiger partial charge in [-0.3, -0.25) is 4.79 Å². The summed E-state index contributed by atoms with van der Waals surface area (Å²) in [4.78, 5) is 12.2. The van der Waals surface area contributed by atoms with Crippen molar-refractivity contribution in [2.24, 2.45) is 11.8 Å². The second-order valence-electron chi connectivity index (χ2n) is 7.84. The monoisotopic (exact) mass is 407 g/mol. The van der Waals surface area contributed by atoms with Crippen LogP contribution in [0.5, 0.6) is 0 Å². The van der Waals surface area contributed by atoms with Crippen molar-refractivity contribution >= 4 is 5.91 Å². The molecule has 0 bridgehead atoms. The number of amides is 1. The molecule has 2 aliphatic carbocycles. The Balaban J connectivity index is 1.75. The molecule has 0 aromatic heterocycles. The number of rotatable bonds is 6. The average Bonchev–Trinajstić information content (AvgIpc) is 3.52. The number of hydrogen-bond acceptors (Lipinski definition) is 10. The fourth-order valence-electron chi connectivity index (χ4n) is 3.75. The van der Waals surface area contributed by atoms with E-state index in [1.165, 1.54) is 0 Å². The van der Waals surface area contributed by atoms with Gasteiger partial charge in [-0.2, -0.15) is 0 Å². The quantitative estimate of drug-likeness (QED) is 0.214. The van der Waals surface area contributed by atoms with E-state index >= 15 is 0 Å². The molecule has 1 aliphatic heterocycles. The molecule has 8 N–H and O–H groups in total. The number of aliphatic hydroxyl groups excluding tert-OH is 7. The van der Waals surface area contributed by atoms with Gasteiger partial charge in [0, 0.05) is 18.4 Å². The van der Waals surface area contributed by atoms with Gasteiger partial charge in [0.05, 0.1) is 18.8 Å². The highest BCUT2D eigenvalue weighted by Crippen LogP contribution is 2.33. The largest absolute Gasteiger partial charge is 0.396 e. The molecule has 0 aromatic carbocycles. The van der Waals surface area contributed by atoms with Gasteiger partial charge in [-0.05, 0) is 19.3 Å². The van der Waals surface area contributed by atoms with E-state index in [9.17, 15) is 40.5 Å². The summed E-state index contributed by atoms with van der Waals surface area (Å²) in [5.41, 5.74) is 0. The Kier molecular flexibility index (Phi) is 6.90. The van der Waals surface area contributed by atoms with Crippen LogP contribution in [0, 0.1) is 11.8 Å². The number of nitrogens with one attached hydrogen (secondary N) is 1. The summed E-state index contributed by atoms with van der Waals surface area (Å²) in [6.07, 6.45) is -9.55. The number of carbonyl (C=O) groups excluding carboxylic acids is 1. The van der Waals surface area contributed by atoms with Crippen LogP contribution in [0.25, 0.3) is 0 Å². The van der Waals surface area contributed by atoms with Crippen LogP contribution in [0.1, 0.15) is 19.3 Å². The lowest BCUT2D eigenvalue weighted by Crippen LogP contribution is -2.66. The van der Waals surface area contributed by atoms with Crippen LogP contribution in [0.15, 0.2) is 0 Å². The lowest BCUT2D eigenvalue weighted by Gasteiger charge is -2.46. The van der Waals surface area contributed by atoms with Crippen molar-refractivity contribution in [3.63, 3.8) is 0 Å². The molecular formula is C17H29NO10. The molecule has 3 rings (SSSR count). The first-order valence-electron chi connectivity index (χ1n) is 9.51. The highest BCUT2D eigenvalue weighted by molar-refractivity contribution is 5.81. The molecule has 0 aromatic rings. The van der Waals surface area contributed by atoms with Crippen LogP contribution in [0.4, 0.5) is 0 Å². The zero-order valence-electron chi connectivity index (χ0n) is 15.2. The molecule has 10 atom stereocenters. The molecule has 1 unspecified atom stereocenters. The molecule has 1 amide bonds. The van der Waals surface area contributed by atoms with Crippen LogP contribution in [-0.2, 0) is 14.3 Å². The average molecular weight is 407 g/mol. The summed E-state index contributed by atoms with van der Waals surface area (Å²) >= 11 is 0. The van der Waals surface area contributed by atoms with Gasteiger partial charge in [0.25, 0.3) is 0 Å². The summed E-state index contributed by atoms with van der Waals surface area (Å²) in [6, 6.07) is -1.17. The minimum atomic E-state index is -1.57. The van der Waals surface area contributed by atoms with Gasteiger partial charge in [-0.25, -0.2) is 0 Å². The van der Waals surface area contributed by atoms with Crippen LogP contribution in [-0.4, -0.2) is 110 Å². The first-order chi connectivity index (χ1) is 13.3. The zero-order chi connectivity index (χ0) is 20.6. The van der Waals surface area contributed by atoms with Gasteiger partial charge < -0.3 is 50.5 Å². The third-order valence-electron chi connectivity index (χ3n) is 5.78. The Bertz CT molecular complexity index is 544. The molecular weight excluding hydrogens is 378 g/mol.